The summed E-state index contributed by atoms with van der Waals surface area (Å²) in [4.78, 5) is 0. The predicted octanol–water partition coefficient (Wildman–Crippen LogP) is 1.99. The van der Waals surface area contributed by atoms with E-state index in [-0.39, 0.29) is 11.3 Å². The third kappa shape index (κ3) is 1.95. The highest BCUT2D eigenvalue weighted by Gasteiger charge is 2.14. The highest BCUT2D eigenvalue weighted by atomic mass is 19.1. The number of rotatable bonds is 2. The van der Waals surface area contributed by atoms with Crippen LogP contribution in [0.4, 0.5) is 8.78 Å². The molecule has 2 N–H and O–H groups in total. The third-order valence-corrected chi connectivity index (χ3v) is 1.74. The van der Waals surface area contributed by atoms with Crippen molar-refractivity contribution in [3.63, 3.8) is 0 Å². The number of nitrogens with two attached hydrogens (primary N) is 1. The number of benzene rings is 1. The summed E-state index contributed by atoms with van der Waals surface area (Å²) in [5.41, 5.74) is 5.28. The van der Waals surface area contributed by atoms with Gasteiger partial charge in [-0.1, -0.05) is 0 Å². The number of hydrogen-bond donors (Lipinski definition) is 1. The fourth-order valence-corrected chi connectivity index (χ4v) is 1.11. The Morgan fingerprint density at radius 2 is 1.77 bits per heavy atom. The Labute approximate surface area is 75.3 Å². The zero-order valence-electron chi connectivity index (χ0n) is 7.47. The molecule has 0 bridgehead atoms. The minimum absolute atomic E-state index is 0.110. The summed E-state index contributed by atoms with van der Waals surface area (Å²) < 4.78 is 31.0. The van der Waals surface area contributed by atoms with Gasteiger partial charge in [0.05, 0.1) is 7.11 Å². The summed E-state index contributed by atoms with van der Waals surface area (Å²) in [7, 11) is 1.35. The predicted molar refractivity (Wildman–Crippen MR) is 45.5 cm³/mol. The largest absolute Gasteiger partial charge is 0.497 e. The van der Waals surface area contributed by atoms with Crippen molar-refractivity contribution in [3.8, 4) is 5.75 Å². The highest BCUT2D eigenvalue weighted by Crippen LogP contribution is 2.23. The number of methoxy groups -OCH3 is 1. The SMILES string of the molecule is COc1cc(F)c([C@H](C)N)c(F)c1. The van der Waals surface area contributed by atoms with Crippen LogP contribution < -0.4 is 10.5 Å². The summed E-state index contributed by atoms with van der Waals surface area (Å²) in [5, 5.41) is 0. The van der Waals surface area contributed by atoms with Gasteiger partial charge in [-0.25, -0.2) is 8.78 Å². The number of ether oxygens (including phenoxy) is 1. The third-order valence-electron chi connectivity index (χ3n) is 1.74. The lowest BCUT2D eigenvalue weighted by atomic mass is 10.1. The lowest BCUT2D eigenvalue weighted by molar-refractivity contribution is 0.404. The molecule has 0 radical (unpaired) electrons. The monoisotopic (exact) mass is 187 g/mol. The summed E-state index contributed by atoms with van der Waals surface area (Å²) >= 11 is 0. The van der Waals surface area contributed by atoms with Crippen molar-refractivity contribution in [2.75, 3.05) is 7.11 Å². The van der Waals surface area contributed by atoms with E-state index in [4.69, 9.17) is 5.73 Å². The fraction of sp³-hybridized carbons (Fsp3) is 0.333. The average Bonchev–Trinajstić information content (AvgIpc) is 2.02. The Balaban J connectivity index is 3.23. The Morgan fingerprint density at radius 3 is 2.08 bits per heavy atom. The smallest absolute Gasteiger partial charge is 0.134 e. The second kappa shape index (κ2) is 3.70. The first-order valence-electron chi connectivity index (χ1n) is 3.84. The number of halogens is 2. The van der Waals surface area contributed by atoms with Gasteiger partial charge >= 0.3 is 0 Å². The van der Waals surface area contributed by atoms with Crippen LogP contribution in [0.1, 0.15) is 18.5 Å². The molecule has 0 aliphatic heterocycles. The van der Waals surface area contributed by atoms with E-state index in [0.29, 0.717) is 0 Å². The van der Waals surface area contributed by atoms with Gasteiger partial charge in [0.1, 0.15) is 17.4 Å². The minimum Gasteiger partial charge on any atom is -0.497 e. The second-order valence-electron chi connectivity index (χ2n) is 2.79. The van der Waals surface area contributed by atoms with Crippen LogP contribution in [0.15, 0.2) is 12.1 Å². The Morgan fingerprint density at radius 1 is 1.31 bits per heavy atom. The molecule has 1 atom stereocenters. The quantitative estimate of drug-likeness (QED) is 0.768. The van der Waals surface area contributed by atoms with Crippen molar-refractivity contribution in [1.82, 2.24) is 0 Å². The van der Waals surface area contributed by atoms with Gasteiger partial charge in [-0.2, -0.15) is 0 Å². The lowest BCUT2D eigenvalue weighted by Crippen LogP contribution is -2.10. The zero-order valence-corrected chi connectivity index (χ0v) is 7.47. The molecule has 1 rings (SSSR count). The zero-order chi connectivity index (χ0) is 10.0. The first-order chi connectivity index (χ1) is 6.06. The van der Waals surface area contributed by atoms with Crippen LogP contribution in [0.5, 0.6) is 5.75 Å². The maximum Gasteiger partial charge on any atom is 0.134 e. The topological polar surface area (TPSA) is 35.2 Å². The molecule has 13 heavy (non-hydrogen) atoms. The maximum absolute atomic E-state index is 13.1. The van der Waals surface area contributed by atoms with Crippen LogP contribution in [-0.4, -0.2) is 7.11 Å². The van der Waals surface area contributed by atoms with Gasteiger partial charge in [-0.05, 0) is 6.92 Å². The molecule has 0 fully saturated rings. The van der Waals surface area contributed by atoms with Crippen LogP contribution in [0.25, 0.3) is 0 Å². The lowest BCUT2D eigenvalue weighted by Gasteiger charge is -2.09. The van der Waals surface area contributed by atoms with Gasteiger partial charge in [0.2, 0.25) is 0 Å². The van der Waals surface area contributed by atoms with Gasteiger partial charge in [0.15, 0.2) is 0 Å². The van der Waals surface area contributed by atoms with Gasteiger partial charge < -0.3 is 10.5 Å². The van der Waals surface area contributed by atoms with Crippen LogP contribution in [-0.2, 0) is 0 Å². The molecule has 0 saturated heterocycles. The standard InChI is InChI=1S/C9H11F2NO/c1-5(12)9-7(10)3-6(13-2)4-8(9)11/h3-5H,12H2,1-2H3/t5-/m0/s1. The van der Waals surface area contributed by atoms with Crippen LogP contribution in [0.2, 0.25) is 0 Å². The van der Waals surface area contributed by atoms with Crippen LogP contribution in [0.3, 0.4) is 0 Å². The summed E-state index contributed by atoms with van der Waals surface area (Å²) in [6.07, 6.45) is 0. The van der Waals surface area contributed by atoms with Gasteiger partial charge in [-0.15, -0.1) is 0 Å². The van der Waals surface area contributed by atoms with Crippen molar-refractivity contribution in [3.05, 3.63) is 29.3 Å². The van der Waals surface area contributed by atoms with Crippen molar-refractivity contribution in [2.24, 2.45) is 5.73 Å². The first-order valence-corrected chi connectivity index (χ1v) is 3.84. The van der Waals surface area contributed by atoms with E-state index in [1.807, 2.05) is 0 Å². The normalized spacial score (nSPS) is 12.7. The summed E-state index contributed by atoms with van der Waals surface area (Å²) in [5.74, 6) is -1.20. The minimum atomic E-state index is -0.674. The fourth-order valence-electron chi connectivity index (χ4n) is 1.11. The molecule has 0 spiro atoms. The Kier molecular flexibility index (Phi) is 2.83. The van der Waals surface area contributed by atoms with E-state index in [0.717, 1.165) is 12.1 Å². The molecule has 1 aromatic rings. The van der Waals surface area contributed by atoms with Gasteiger partial charge in [0.25, 0.3) is 0 Å². The molecule has 1 aromatic carbocycles. The average molecular weight is 187 g/mol. The molecule has 4 heteroatoms. The van der Waals surface area contributed by atoms with E-state index in [1.54, 1.807) is 0 Å². The van der Waals surface area contributed by atoms with E-state index < -0.39 is 17.7 Å². The van der Waals surface area contributed by atoms with E-state index in [2.05, 4.69) is 4.74 Å². The van der Waals surface area contributed by atoms with Crippen LogP contribution >= 0.6 is 0 Å². The second-order valence-corrected chi connectivity index (χ2v) is 2.79. The first kappa shape index (κ1) is 9.92. The van der Waals surface area contributed by atoms with Crippen molar-refractivity contribution in [1.29, 1.82) is 0 Å². The molecule has 0 aromatic heterocycles. The Hall–Kier alpha value is -1.16. The van der Waals surface area contributed by atoms with Crippen molar-refractivity contribution < 1.29 is 13.5 Å². The molecular weight excluding hydrogens is 176 g/mol. The molecule has 2 nitrogen and oxygen atoms in total. The summed E-state index contributed by atoms with van der Waals surface area (Å²) in [6, 6.07) is 1.56. The van der Waals surface area contributed by atoms with Gasteiger partial charge in [-0.3, -0.25) is 0 Å². The van der Waals surface area contributed by atoms with Crippen molar-refractivity contribution >= 4 is 0 Å². The molecule has 0 aliphatic carbocycles. The molecule has 0 saturated carbocycles. The number of hydrogen-bond acceptors (Lipinski definition) is 2. The molecular formula is C9H11F2NO. The van der Waals surface area contributed by atoms with Crippen LogP contribution in [0, 0.1) is 11.6 Å². The van der Waals surface area contributed by atoms with Gasteiger partial charge in [0, 0.05) is 23.7 Å². The maximum atomic E-state index is 13.1. The highest BCUT2D eigenvalue weighted by molar-refractivity contribution is 5.31. The molecule has 0 amide bonds. The van der Waals surface area contributed by atoms with E-state index in [1.165, 1.54) is 14.0 Å². The Bertz CT molecular complexity index is 289. The van der Waals surface area contributed by atoms with Crippen molar-refractivity contribution in [2.45, 2.75) is 13.0 Å². The van der Waals surface area contributed by atoms with E-state index >= 15 is 0 Å². The summed E-state index contributed by atoms with van der Waals surface area (Å²) in [6.45, 7) is 1.52. The molecule has 0 aliphatic rings. The molecule has 0 unspecified atom stereocenters. The molecule has 72 valence electrons. The molecule has 0 heterocycles. The van der Waals surface area contributed by atoms with E-state index in [9.17, 15) is 8.78 Å².